The van der Waals surface area contributed by atoms with Gasteiger partial charge in [-0.25, -0.2) is 0 Å². The highest BCUT2D eigenvalue weighted by molar-refractivity contribution is 5.59. The van der Waals surface area contributed by atoms with Crippen molar-refractivity contribution in [3.05, 3.63) is 33.8 Å². The molecule has 0 aliphatic heterocycles. The van der Waals surface area contributed by atoms with Crippen LogP contribution >= 0.6 is 0 Å². The largest absolute Gasteiger partial charge is 0.421 e. The monoisotopic (exact) mass is 304 g/mol. The number of aromatic nitrogens is 1. The van der Waals surface area contributed by atoms with Crippen LogP contribution in [-0.4, -0.2) is 4.98 Å². The van der Waals surface area contributed by atoms with Crippen molar-refractivity contribution in [2.45, 2.75) is 18.8 Å². The summed E-state index contributed by atoms with van der Waals surface area (Å²) in [6.07, 6.45) is -11.9. The van der Waals surface area contributed by atoms with Gasteiger partial charge in [0.2, 0.25) is 5.69 Å². The fraction of sp³-hybridized carbons (Fsp3) is 0.273. The third-order valence-corrected chi connectivity index (χ3v) is 2.32. The van der Waals surface area contributed by atoms with Crippen molar-refractivity contribution in [1.82, 2.24) is 4.98 Å². The maximum absolute atomic E-state index is 12.9. The van der Waals surface area contributed by atoms with Crippen molar-refractivity contribution in [2.75, 3.05) is 0 Å². The van der Waals surface area contributed by atoms with Crippen LogP contribution in [0.1, 0.15) is 22.4 Å². The van der Waals surface area contributed by atoms with E-state index in [1.54, 1.807) is 0 Å². The summed E-state index contributed by atoms with van der Waals surface area (Å²) >= 11 is 0. The van der Waals surface area contributed by atoms with Crippen LogP contribution in [0.5, 0.6) is 0 Å². The van der Waals surface area contributed by atoms with Gasteiger partial charge in [-0.1, -0.05) is 6.57 Å². The second-order valence-corrected chi connectivity index (χ2v) is 3.57. The maximum Gasteiger partial charge on any atom is 0.421 e. The van der Waals surface area contributed by atoms with E-state index in [2.05, 4.69) is 9.83 Å². The Morgan fingerprint density at radius 2 is 1.57 bits per heavy atom. The molecule has 0 radical (unpaired) electrons. The first-order valence-electron chi connectivity index (χ1n) is 4.93. The number of alkyl halides is 6. The molecule has 0 aromatic carbocycles. The summed E-state index contributed by atoms with van der Waals surface area (Å²) in [7, 11) is 0. The van der Waals surface area contributed by atoms with Gasteiger partial charge in [-0.3, -0.25) is 0 Å². The van der Waals surface area contributed by atoms with Crippen LogP contribution in [0.4, 0.5) is 32.2 Å². The molecule has 0 spiro atoms. The summed E-state index contributed by atoms with van der Waals surface area (Å²) in [5, 5.41) is 17.1. The average molecular weight is 304 g/mol. The second-order valence-electron chi connectivity index (χ2n) is 3.57. The molecule has 0 fully saturated rings. The van der Waals surface area contributed by atoms with Crippen molar-refractivity contribution < 1.29 is 26.3 Å². The van der Waals surface area contributed by atoms with Gasteiger partial charge < -0.3 is 4.85 Å². The van der Waals surface area contributed by atoms with Crippen molar-refractivity contribution >= 4 is 5.82 Å². The molecule has 0 saturated heterocycles. The highest BCUT2D eigenvalue weighted by Crippen LogP contribution is 2.44. The van der Waals surface area contributed by atoms with Crippen LogP contribution in [0.15, 0.2) is 0 Å². The van der Waals surface area contributed by atoms with Crippen LogP contribution in [0, 0.1) is 29.2 Å². The van der Waals surface area contributed by atoms with Gasteiger partial charge in [-0.05, 0) is 5.56 Å². The van der Waals surface area contributed by atoms with Gasteiger partial charge >= 0.3 is 12.4 Å². The number of hydrogen-bond acceptors (Lipinski definition) is 3. The molecule has 0 aliphatic rings. The molecule has 1 rings (SSSR count). The summed E-state index contributed by atoms with van der Waals surface area (Å²) in [4.78, 5) is 5.22. The molecule has 0 N–H and O–H groups in total. The molecule has 1 heterocycles. The molecule has 0 amide bonds. The van der Waals surface area contributed by atoms with E-state index < -0.39 is 47.0 Å². The van der Waals surface area contributed by atoms with Crippen LogP contribution in [0.25, 0.3) is 4.85 Å². The molecule has 10 heteroatoms. The minimum atomic E-state index is -5.31. The van der Waals surface area contributed by atoms with Crippen molar-refractivity contribution in [1.29, 1.82) is 10.5 Å². The highest BCUT2D eigenvalue weighted by atomic mass is 19.4. The lowest BCUT2D eigenvalue weighted by Crippen LogP contribution is -2.19. The lowest BCUT2D eigenvalue weighted by molar-refractivity contribution is -0.144. The zero-order valence-corrected chi connectivity index (χ0v) is 9.76. The fourth-order valence-corrected chi connectivity index (χ4v) is 1.64. The van der Waals surface area contributed by atoms with Gasteiger partial charge in [0.25, 0.3) is 5.82 Å². The van der Waals surface area contributed by atoms with Gasteiger partial charge in [0.15, 0.2) is 0 Å². The van der Waals surface area contributed by atoms with Crippen LogP contribution < -0.4 is 0 Å². The Bertz CT molecular complexity index is 646. The molecule has 108 valence electrons. The van der Waals surface area contributed by atoms with E-state index in [1.165, 1.54) is 6.07 Å². The third kappa shape index (κ3) is 3.03. The van der Waals surface area contributed by atoms with Gasteiger partial charge in [-0.2, -0.15) is 36.9 Å². The summed E-state index contributed by atoms with van der Waals surface area (Å²) in [5.74, 6) is -1.39. The zero-order valence-electron chi connectivity index (χ0n) is 9.76. The lowest BCUT2D eigenvalue weighted by atomic mass is 9.97. The Balaban J connectivity index is 4.03. The molecule has 0 aliphatic carbocycles. The molecule has 0 atom stereocenters. The molecule has 21 heavy (non-hydrogen) atoms. The van der Waals surface area contributed by atoms with Crippen LogP contribution in [0.3, 0.4) is 0 Å². The van der Waals surface area contributed by atoms with Crippen LogP contribution in [0.2, 0.25) is 0 Å². The smallest absolute Gasteiger partial charge is 0.360 e. The number of hydrogen-bond donors (Lipinski definition) is 0. The zero-order chi connectivity index (χ0) is 16.4. The first-order chi connectivity index (χ1) is 9.57. The standard InChI is InChI=1S/C11H2F6N4/c1-20-9-8(11(15,16)17)5(2-3-18)7(10(12,13)14)6(4-19)21-9/h2H2. The minimum absolute atomic E-state index is 1.00. The number of halogens is 6. The van der Waals surface area contributed by atoms with Crippen LogP contribution in [-0.2, 0) is 18.8 Å². The average Bonchev–Trinajstić information content (AvgIpc) is 2.34. The van der Waals surface area contributed by atoms with Gasteiger partial charge in [0.1, 0.15) is 11.6 Å². The van der Waals surface area contributed by atoms with E-state index in [1.807, 2.05) is 0 Å². The van der Waals surface area contributed by atoms with Gasteiger partial charge in [0.05, 0.1) is 18.1 Å². The molecular weight excluding hydrogens is 302 g/mol. The summed E-state index contributed by atoms with van der Waals surface area (Å²) in [5.41, 5.74) is -6.71. The Morgan fingerprint density at radius 3 is 1.90 bits per heavy atom. The van der Waals surface area contributed by atoms with E-state index in [9.17, 15) is 26.3 Å². The van der Waals surface area contributed by atoms with Crippen molar-refractivity contribution in [3.63, 3.8) is 0 Å². The maximum atomic E-state index is 12.9. The second kappa shape index (κ2) is 5.29. The van der Waals surface area contributed by atoms with E-state index >= 15 is 0 Å². The first kappa shape index (κ1) is 16.3. The molecule has 1 aromatic rings. The lowest BCUT2D eigenvalue weighted by Gasteiger charge is -2.17. The minimum Gasteiger partial charge on any atom is -0.360 e. The van der Waals surface area contributed by atoms with E-state index in [0.29, 0.717) is 0 Å². The quantitative estimate of drug-likeness (QED) is 0.588. The Morgan fingerprint density at radius 1 is 1.05 bits per heavy atom. The molecule has 0 saturated carbocycles. The predicted molar refractivity (Wildman–Crippen MR) is 54.5 cm³/mol. The van der Waals surface area contributed by atoms with E-state index in [0.717, 1.165) is 6.07 Å². The topological polar surface area (TPSA) is 64.8 Å². The summed E-state index contributed by atoms with van der Waals surface area (Å²) in [6, 6.07) is 2.17. The highest BCUT2D eigenvalue weighted by Gasteiger charge is 2.46. The normalized spacial score (nSPS) is 11.4. The fourth-order valence-electron chi connectivity index (χ4n) is 1.64. The predicted octanol–water partition coefficient (Wildman–Crippen LogP) is 3.61. The van der Waals surface area contributed by atoms with E-state index in [-0.39, 0.29) is 0 Å². The SMILES string of the molecule is [C-]#[N+]c1nc(C#N)c(C(F)(F)F)c(CC#N)c1C(F)(F)F. The van der Waals surface area contributed by atoms with Gasteiger partial charge in [0, 0.05) is 0 Å². The van der Waals surface area contributed by atoms with E-state index in [4.69, 9.17) is 17.1 Å². The first-order valence-corrected chi connectivity index (χ1v) is 4.93. The Hall–Kier alpha value is -2.80. The van der Waals surface area contributed by atoms with Crippen molar-refractivity contribution in [2.24, 2.45) is 0 Å². The van der Waals surface area contributed by atoms with Crippen molar-refractivity contribution in [3.8, 4) is 12.1 Å². The Kier molecular flexibility index (Phi) is 4.10. The molecule has 4 nitrogen and oxygen atoms in total. The Labute approximate surface area is 113 Å². The number of pyridine rings is 1. The number of rotatable bonds is 1. The number of nitriles is 2. The molecular formula is C11H2F6N4. The number of nitrogens with zero attached hydrogens (tertiary/aromatic N) is 4. The van der Waals surface area contributed by atoms with Gasteiger partial charge in [-0.15, -0.1) is 4.98 Å². The third-order valence-electron chi connectivity index (χ3n) is 2.32. The molecule has 1 aromatic heterocycles. The molecule has 0 bridgehead atoms. The summed E-state index contributed by atoms with van der Waals surface area (Å²) in [6.45, 7) is 6.58. The summed E-state index contributed by atoms with van der Waals surface area (Å²) < 4.78 is 77.3. The molecule has 0 unspecified atom stereocenters.